The van der Waals surface area contributed by atoms with Gasteiger partial charge in [0.15, 0.2) is 0 Å². The highest BCUT2D eigenvalue weighted by atomic mass is 32.2. The summed E-state index contributed by atoms with van der Waals surface area (Å²) in [5, 5.41) is 67.0. The van der Waals surface area contributed by atoms with E-state index in [1.165, 1.54) is 25.7 Å². The zero-order valence-corrected chi connectivity index (χ0v) is 63.1. The molecule has 2 aromatic heterocycles. The highest BCUT2D eigenvalue weighted by molar-refractivity contribution is 7.99. The smallest absolute Gasteiger partial charge is 0.303 e. The van der Waals surface area contributed by atoms with Crippen LogP contribution in [0.1, 0.15) is 124 Å². The van der Waals surface area contributed by atoms with Crippen LogP contribution in [0, 0.1) is 5.92 Å². The second-order valence-corrected chi connectivity index (χ2v) is 27.9. The van der Waals surface area contributed by atoms with Crippen LogP contribution in [0.15, 0.2) is 107 Å². The van der Waals surface area contributed by atoms with Gasteiger partial charge in [0.25, 0.3) is 11.8 Å². The van der Waals surface area contributed by atoms with Gasteiger partial charge in [0.2, 0.25) is 65.0 Å². The van der Waals surface area contributed by atoms with Crippen molar-refractivity contribution < 1.29 is 82.4 Å². The van der Waals surface area contributed by atoms with E-state index in [1.807, 2.05) is 0 Å². The lowest BCUT2D eigenvalue weighted by Gasteiger charge is -2.28. The van der Waals surface area contributed by atoms with Crippen molar-refractivity contribution in [1.82, 2.24) is 78.6 Å². The van der Waals surface area contributed by atoms with E-state index in [2.05, 4.69) is 73.9 Å². The fourth-order valence-electron chi connectivity index (χ4n) is 11.7. The Morgan fingerprint density at radius 3 is 1.77 bits per heavy atom. The Kier molecular flexibility index (Phi) is 35.6. The van der Waals surface area contributed by atoms with Crippen LogP contribution >= 0.6 is 11.8 Å². The number of hydrogen-bond acceptors (Lipinski definition) is 23. The Hall–Kier alpha value is -11.1. The minimum absolute atomic E-state index is 0.0110. The Bertz CT molecular complexity index is 4110. The van der Waals surface area contributed by atoms with Crippen molar-refractivity contribution in [2.75, 3.05) is 39.8 Å². The van der Waals surface area contributed by atoms with Crippen LogP contribution in [-0.2, 0) is 64.0 Å². The van der Waals surface area contributed by atoms with Crippen LogP contribution in [0.25, 0.3) is 23.1 Å². The van der Waals surface area contributed by atoms with Gasteiger partial charge in [0.1, 0.15) is 60.4 Å². The Morgan fingerprint density at radius 2 is 1.19 bits per heavy atom. The summed E-state index contributed by atoms with van der Waals surface area (Å²) in [6, 6.07) is 9.85. The van der Waals surface area contributed by atoms with Crippen molar-refractivity contribution in [2.45, 2.75) is 181 Å². The molecule has 111 heavy (non-hydrogen) atoms. The number of nitrogens with zero attached hydrogens (tertiary/aromatic N) is 3. The lowest BCUT2D eigenvalue weighted by atomic mass is 10.00. The van der Waals surface area contributed by atoms with Crippen molar-refractivity contribution >= 4 is 118 Å². The molecule has 3 heterocycles. The summed E-state index contributed by atoms with van der Waals surface area (Å²) >= 11 is 1.22. The van der Waals surface area contributed by atoms with Crippen LogP contribution in [0.3, 0.4) is 0 Å². The highest BCUT2D eigenvalue weighted by Gasteiger charge is 2.38. The molecule has 6 rings (SSSR count). The number of fused-ring (bicyclic) bond motifs is 1. The largest absolute Gasteiger partial charge is 0.481 e. The Balaban J connectivity index is 1.24. The third-order valence-corrected chi connectivity index (χ3v) is 18.6. The van der Waals surface area contributed by atoms with Gasteiger partial charge < -0.3 is 102 Å². The molecule has 0 aliphatic carbocycles. The maximum atomic E-state index is 14.7. The summed E-state index contributed by atoms with van der Waals surface area (Å²) in [6.07, 6.45) is -2.58. The molecule has 5 aromatic rings. The minimum Gasteiger partial charge on any atom is -0.481 e. The molecule has 23 N–H and O–H groups in total. The zero-order valence-electron chi connectivity index (χ0n) is 62.3. The molecular formula is C74H101N19O17S. The predicted octanol–water partition coefficient (Wildman–Crippen LogP) is -2.79. The first kappa shape index (κ1) is 88.8. The summed E-state index contributed by atoms with van der Waals surface area (Å²) in [5.41, 5.74) is 25.7. The number of carbonyl (C=O) groups is 14. The molecule has 1 aliphatic rings. The van der Waals surface area contributed by atoms with Gasteiger partial charge in [-0.25, -0.2) is 0 Å². The number of amides is 12. The number of aliphatic hydroxyl groups is 2. The summed E-state index contributed by atoms with van der Waals surface area (Å²) in [7, 11) is 1.49. The van der Waals surface area contributed by atoms with Gasteiger partial charge in [-0.1, -0.05) is 74.1 Å². The van der Waals surface area contributed by atoms with E-state index >= 15 is 0 Å². The van der Waals surface area contributed by atoms with E-state index in [0.29, 0.717) is 37.7 Å². The Labute approximate surface area is 644 Å². The number of carboxylic acids is 1. The van der Waals surface area contributed by atoms with Crippen molar-refractivity contribution in [2.24, 2.45) is 28.9 Å². The average molecular weight is 1560 g/mol. The molecule has 600 valence electrons. The molecule has 36 nitrogen and oxygen atoms in total. The molecule has 0 unspecified atom stereocenters. The number of benzene rings is 3. The Morgan fingerprint density at radius 1 is 0.613 bits per heavy atom. The molecule has 1 saturated heterocycles. The van der Waals surface area contributed by atoms with Crippen molar-refractivity contribution in [1.29, 1.82) is 0 Å². The van der Waals surface area contributed by atoms with Crippen LogP contribution in [0.5, 0.6) is 0 Å². The highest BCUT2D eigenvalue weighted by Crippen LogP contribution is 2.34. The molecule has 0 spiro atoms. The number of aromatic nitrogens is 3. The maximum absolute atomic E-state index is 14.7. The van der Waals surface area contributed by atoms with Crippen LogP contribution in [0.4, 0.5) is 0 Å². The number of rotatable bonds is 32. The van der Waals surface area contributed by atoms with Crippen molar-refractivity contribution in [3.8, 4) is 0 Å². The molecule has 0 saturated carbocycles. The van der Waals surface area contributed by atoms with E-state index in [-0.39, 0.29) is 82.0 Å². The van der Waals surface area contributed by atoms with E-state index in [4.69, 9.17) is 22.9 Å². The summed E-state index contributed by atoms with van der Waals surface area (Å²) in [4.78, 5) is 201. The van der Waals surface area contributed by atoms with E-state index in [9.17, 15) is 82.4 Å². The number of carboxylic acid groups (broad SMARTS) is 1. The van der Waals surface area contributed by atoms with Gasteiger partial charge in [-0.05, 0) is 151 Å². The number of aliphatic hydroxyl groups excluding tert-OH is 2. The molecule has 3 aromatic carbocycles. The first-order valence-electron chi connectivity index (χ1n) is 36.4. The lowest BCUT2D eigenvalue weighted by Crippen LogP contribution is -2.61. The third kappa shape index (κ3) is 27.5. The number of nitrogens with two attached hydrogens (primary N) is 4. The second-order valence-electron chi connectivity index (χ2n) is 26.8. The number of nitrogens with one attached hydrogen (secondary N) is 12. The summed E-state index contributed by atoms with van der Waals surface area (Å²) < 4.78 is 1.02. The monoisotopic (exact) mass is 1560 g/mol. The number of pyridine rings is 1. The number of hydrogen-bond donors (Lipinski definition) is 19. The standard InChI is InChI=1S/C74H101N19O17S/c1-40(2)37-55-70(106)85-49(26-31-75)65(101)84-52(29-34-78)69(105)91-62(41(3)94)72(108)81-36-30-53(68(104)83-50(27-32-76)67(103)89-56(71(107)88-55)38-43-13-7-6-8-14-43)86-66(102)51(28-33-77)87-73(109)63(42(4)95)90-60(97)24-23-59(96)82-54(22-25-61(98)99)74(110)93-57-39-45(111-58-17-10-9-16-47(58)64(100)79-5)19-20-46(57)48(92-93)21-18-44-15-11-12-35-80-44/h6-21,35,39-42,49-56,62-63,94-95H,22-34,36-38,75-78H2,1-5H3,(H,79,100)(H,81,108)(H,82,96)(H,83,104)(H,84,101)(H,85,106)(H,86,102)(H,87,109)(H,88,107)(H,89,103)(H,90,97)(H,91,105)(H,98,99)/b21-18+/t41-,42-,49+,50+,51+,52+,53+,54+,55+,56-,62+,63+/m1/s1. The fourth-order valence-corrected chi connectivity index (χ4v) is 12.7. The molecule has 1 aliphatic heterocycles. The molecule has 0 bridgehead atoms. The quantitative estimate of drug-likeness (QED) is 0.0207. The minimum atomic E-state index is -1.85. The predicted molar refractivity (Wildman–Crippen MR) is 408 cm³/mol. The van der Waals surface area contributed by atoms with Gasteiger partial charge in [0.05, 0.1) is 34.7 Å². The van der Waals surface area contributed by atoms with E-state index in [0.717, 1.165) is 11.6 Å². The van der Waals surface area contributed by atoms with Crippen LogP contribution < -0.4 is 86.7 Å². The summed E-state index contributed by atoms with van der Waals surface area (Å²) in [6.45, 7) is 4.43. The second kappa shape index (κ2) is 44.5. The van der Waals surface area contributed by atoms with Crippen LogP contribution in [0.2, 0.25) is 0 Å². The molecule has 37 heteroatoms. The topological polar surface area (TPSA) is 579 Å². The number of aliphatic carboxylic acids is 1. The third-order valence-electron chi connectivity index (χ3n) is 17.6. The maximum Gasteiger partial charge on any atom is 0.303 e. The molecule has 0 radical (unpaired) electrons. The first-order valence-corrected chi connectivity index (χ1v) is 37.2. The summed E-state index contributed by atoms with van der Waals surface area (Å²) in [5.74, 6) is -13.7. The van der Waals surface area contributed by atoms with Crippen LogP contribution in [-0.4, -0.2) is 225 Å². The first-order chi connectivity index (χ1) is 53.0. The fraction of sp³-hybridized carbons (Fsp3) is 0.459. The van der Waals surface area contributed by atoms with E-state index < -0.39 is 188 Å². The lowest BCUT2D eigenvalue weighted by molar-refractivity contribution is -0.137. The van der Waals surface area contributed by atoms with Gasteiger partial charge >= 0.3 is 5.97 Å². The van der Waals surface area contributed by atoms with Gasteiger partial charge in [-0.15, -0.1) is 0 Å². The number of carbonyl (C=O) groups excluding carboxylic acids is 13. The molecule has 12 atom stereocenters. The van der Waals surface area contributed by atoms with Gasteiger partial charge in [0, 0.05) is 60.6 Å². The van der Waals surface area contributed by atoms with E-state index in [1.54, 1.807) is 123 Å². The average Bonchev–Trinajstić information content (AvgIpc) is 1.63. The zero-order chi connectivity index (χ0) is 81.4. The normalized spacial score (nSPS) is 19.9. The van der Waals surface area contributed by atoms with Crippen molar-refractivity contribution in [3.63, 3.8) is 0 Å². The molecule has 12 amide bonds. The van der Waals surface area contributed by atoms with Gasteiger partial charge in [-0.2, -0.15) is 9.78 Å². The van der Waals surface area contributed by atoms with Crippen molar-refractivity contribution in [3.05, 3.63) is 120 Å². The molecular weight excluding hydrogens is 1460 g/mol. The molecule has 1 fully saturated rings. The SMILES string of the molecule is CNC(=O)c1ccccc1Sc1ccc2c(/C=C/c3ccccn3)nn(C(=O)[C@H](CCC(=O)O)NC(=O)CCC(=O)N[C@H](C(=O)N[C@@H](CCN)C(=O)N[C@H]3CCNC(=O)[C@H]([C@@H](C)O)NC(=O)[C@H](CCN)NC(=O)[C@H](CCN)NC(=O)[C@H](CC(C)C)NC(=O)[C@@H](Cc4ccccc4)NC(=O)[C@H](CCN)NC3=O)[C@@H](C)O)c2c1. The van der Waals surface area contributed by atoms with Gasteiger partial charge in [-0.3, -0.25) is 72.1 Å².